The summed E-state index contributed by atoms with van der Waals surface area (Å²) < 4.78 is 5.52. The van der Waals surface area contributed by atoms with E-state index in [1.54, 1.807) is 0 Å². The molecule has 1 aliphatic heterocycles. The second kappa shape index (κ2) is 11.2. The van der Waals surface area contributed by atoms with Crippen LogP contribution in [0.4, 0.5) is 4.79 Å². The Labute approximate surface area is 199 Å². The number of rotatable bonds is 11. The minimum atomic E-state index is -1.02. The fraction of sp³-hybridized carbons (Fsp3) is 0.423. The number of aliphatic carboxylic acids is 1. The third-order valence-electron chi connectivity index (χ3n) is 6.50. The van der Waals surface area contributed by atoms with Crippen LogP contribution in [0, 0.1) is 0 Å². The maximum Gasteiger partial charge on any atom is 0.407 e. The van der Waals surface area contributed by atoms with Gasteiger partial charge in [0.25, 0.3) is 0 Å². The van der Waals surface area contributed by atoms with Crippen LogP contribution < -0.4 is 10.6 Å². The van der Waals surface area contributed by atoms with E-state index in [0.717, 1.165) is 48.3 Å². The molecular weight excluding hydrogens is 434 g/mol. The summed E-state index contributed by atoms with van der Waals surface area (Å²) in [7, 11) is 0. The van der Waals surface area contributed by atoms with Gasteiger partial charge in [0.2, 0.25) is 5.91 Å². The third-order valence-corrected chi connectivity index (χ3v) is 6.50. The Morgan fingerprint density at radius 1 is 1.03 bits per heavy atom. The minimum Gasteiger partial charge on any atom is -0.481 e. The Morgan fingerprint density at radius 3 is 2.26 bits per heavy atom. The first-order chi connectivity index (χ1) is 16.5. The summed E-state index contributed by atoms with van der Waals surface area (Å²) in [5, 5.41) is 14.4. The number of nitrogens with one attached hydrogen (secondary N) is 2. The molecule has 1 heterocycles. The molecule has 2 aromatic rings. The van der Waals surface area contributed by atoms with Crippen LogP contribution in [0.1, 0.15) is 42.7 Å². The molecule has 4 rings (SSSR count). The zero-order chi connectivity index (χ0) is 23.9. The molecule has 1 saturated heterocycles. The van der Waals surface area contributed by atoms with Crippen molar-refractivity contribution in [1.82, 2.24) is 15.5 Å². The highest BCUT2D eigenvalue weighted by atomic mass is 16.5. The summed E-state index contributed by atoms with van der Waals surface area (Å²) >= 11 is 0. The molecule has 3 N–H and O–H groups in total. The molecule has 34 heavy (non-hydrogen) atoms. The van der Waals surface area contributed by atoms with E-state index in [2.05, 4.69) is 27.7 Å². The highest BCUT2D eigenvalue weighted by Crippen LogP contribution is 2.44. The summed E-state index contributed by atoms with van der Waals surface area (Å²) in [6.07, 6.45) is 1.07. The van der Waals surface area contributed by atoms with Crippen LogP contribution in [0.2, 0.25) is 0 Å². The van der Waals surface area contributed by atoms with Crippen LogP contribution >= 0.6 is 0 Å². The van der Waals surface area contributed by atoms with Crippen LogP contribution in [0.3, 0.4) is 0 Å². The van der Waals surface area contributed by atoms with Crippen LogP contribution in [-0.2, 0) is 14.3 Å². The van der Waals surface area contributed by atoms with Gasteiger partial charge in [-0.25, -0.2) is 4.79 Å². The number of benzene rings is 2. The van der Waals surface area contributed by atoms with Gasteiger partial charge in [-0.3, -0.25) is 9.59 Å². The molecule has 1 atom stereocenters. The lowest BCUT2D eigenvalue weighted by molar-refractivity contribution is -0.137. The summed E-state index contributed by atoms with van der Waals surface area (Å²) in [4.78, 5) is 38.5. The Balaban J connectivity index is 1.32. The van der Waals surface area contributed by atoms with Gasteiger partial charge < -0.3 is 25.4 Å². The fourth-order valence-electron chi connectivity index (χ4n) is 4.56. The maximum atomic E-state index is 12.6. The van der Waals surface area contributed by atoms with Crippen LogP contribution in [0.25, 0.3) is 11.1 Å². The topological polar surface area (TPSA) is 108 Å². The molecule has 0 saturated carbocycles. The standard InChI is InChI=1S/C26H31N3O5/c30-24(31)12-11-23(25(32)27-13-5-14-29-15-6-16-29)28-26(33)34-17-22-20-9-3-1-7-18(20)19-8-2-4-10-21(19)22/h1-4,7-10,22-23H,5-6,11-17H2,(H,27,32)(H,28,33)(H,30,31). The Morgan fingerprint density at radius 2 is 1.68 bits per heavy atom. The van der Waals surface area contributed by atoms with E-state index in [9.17, 15) is 14.4 Å². The average Bonchev–Trinajstić information content (AvgIpc) is 3.12. The number of carboxylic acid groups (broad SMARTS) is 1. The third kappa shape index (κ3) is 5.75. The number of amides is 2. The molecule has 2 amide bonds. The van der Waals surface area contributed by atoms with Crippen molar-refractivity contribution in [1.29, 1.82) is 0 Å². The van der Waals surface area contributed by atoms with Gasteiger partial charge in [-0.1, -0.05) is 48.5 Å². The van der Waals surface area contributed by atoms with Crippen molar-refractivity contribution in [2.75, 3.05) is 32.8 Å². The SMILES string of the molecule is O=C(O)CCC(NC(=O)OCC1c2ccccc2-c2ccccc21)C(=O)NCCCN1CCC1. The molecule has 1 fully saturated rings. The van der Waals surface area contributed by atoms with Gasteiger partial charge in [-0.15, -0.1) is 0 Å². The summed E-state index contributed by atoms with van der Waals surface area (Å²) in [5.74, 6) is -1.51. The van der Waals surface area contributed by atoms with Gasteiger partial charge in [0.15, 0.2) is 0 Å². The second-order valence-electron chi connectivity index (χ2n) is 8.79. The van der Waals surface area contributed by atoms with E-state index >= 15 is 0 Å². The van der Waals surface area contributed by atoms with Gasteiger partial charge in [0.1, 0.15) is 12.6 Å². The number of likely N-dealkylation sites (tertiary alicyclic amines) is 1. The molecule has 0 radical (unpaired) electrons. The Bertz CT molecular complexity index is 991. The first-order valence-corrected chi connectivity index (χ1v) is 11.9. The van der Waals surface area contributed by atoms with E-state index in [0.29, 0.717) is 6.54 Å². The molecule has 8 heteroatoms. The smallest absolute Gasteiger partial charge is 0.407 e. The fourth-order valence-corrected chi connectivity index (χ4v) is 4.56. The van der Waals surface area contributed by atoms with Gasteiger partial charge in [0, 0.05) is 18.9 Å². The first-order valence-electron chi connectivity index (χ1n) is 11.9. The second-order valence-corrected chi connectivity index (χ2v) is 8.79. The highest BCUT2D eigenvalue weighted by Gasteiger charge is 2.30. The lowest BCUT2D eigenvalue weighted by Crippen LogP contribution is -2.48. The number of alkyl carbamates (subject to hydrolysis) is 1. The predicted molar refractivity (Wildman–Crippen MR) is 128 cm³/mol. The summed E-state index contributed by atoms with van der Waals surface area (Å²) in [6.45, 7) is 3.71. The molecule has 2 aliphatic rings. The number of fused-ring (bicyclic) bond motifs is 3. The predicted octanol–water partition coefficient (Wildman–Crippen LogP) is 2.97. The average molecular weight is 466 g/mol. The largest absolute Gasteiger partial charge is 0.481 e. The quantitative estimate of drug-likeness (QED) is 0.441. The van der Waals surface area contributed by atoms with Crippen molar-refractivity contribution >= 4 is 18.0 Å². The van der Waals surface area contributed by atoms with E-state index in [-0.39, 0.29) is 25.4 Å². The Kier molecular flexibility index (Phi) is 7.80. The molecule has 0 spiro atoms. The normalized spacial score (nSPS) is 15.5. The Hall–Kier alpha value is -3.39. The first kappa shape index (κ1) is 23.8. The van der Waals surface area contributed by atoms with Crippen molar-refractivity contribution < 1.29 is 24.2 Å². The van der Waals surface area contributed by atoms with E-state index in [1.165, 1.54) is 6.42 Å². The van der Waals surface area contributed by atoms with Gasteiger partial charge in [0.05, 0.1) is 0 Å². The van der Waals surface area contributed by atoms with Crippen LogP contribution in [-0.4, -0.2) is 66.8 Å². The van der Waals surface area contributed by atoms with Crippen LogP contribution in [0.15, 0.2) is 48.5 Å². The van der Waals surface area contributed by atoms with Crippen LogP contribution in [0.5, 0.6) is 0 Å². The zero-order valence-corrected chi connectivity index (χ0v) is 19.2. The monoisotopic (exact) mass is 465 g/mol. The van der Waals surface area contributed by atoms with Gasteiger partial charge in [-0.05, 0) is 61.2 Å². The number of nitrogens with zero attached hydrogens (tertiary/aromatic N) is 1. The lowest BCUT2D eigenvalue weighted by atomic mass is 9.98. The maximum absolute atomic E-state index is 12.6. The number of carbonyl (C=O) groups is 3. The highest BCUT2D eigenvalue weighted by molar-refractivity contribution is 5.86. The molecule has 1 aliphatic carbocycles. The van der Waals surface area contributed by atoms with E-state index in [4.69, 9.17) is 9.84 Å². The van der Waals surface area contributed by atoms with Crippen molar-refractivity contribution in [3.63, 3.8) is 0 Å². The molecule has 0 aromatic heterocycles. The number of ether oxygens (including phenoxy) is 1. The van der Waals surface area contributed by atoms with Gasteiger partial charge >= 0.3 is 12.1 Å². The summed E-state index contributed by atoms with van der Waals surface area (Å²) in [5.41, 5.74) is 4.45. The molecule has 2 aromatic carbocycles. The van der Waals surface area contributed by atoms with Crippen molar-refractivity contribution in [3.05, 3.63) is 59.7 Å². The lowest BCUT2D eigenvalue weighted by Gasteiger charge is -2.30. The van der Waals surface area contributed by atoms with Crippen molar-refractivity contribution in [2.24, 2.45) is 0 Å². The number of hydrogen-bond donors (Lipinski definition) is 3. The number of hydrogen-bond acceptors (Lipinski definition) is 5. The molecule has 180 valence electrons. The number of carboxylic acids is 1. The molecule has 1 unspecified atom stereocenters. The molecular formula is C26H31N3O5. The minimum absolute atomic E-state index is 0.00249. The number of carbonyl (C=O) groups excluding carboxylic acids is 2. The van der Waals surface area contributed by atoms with E-state index < -0.39 is 24.0 Å². The van der Waals surface area contributed by atoms with Crippen molar-refractivity contribution in [2.45, 2.75) is 37.6 Å². The molecule has 8 nitrogen and oxygen atoms in total. The molecule has 0 bridgehead atoms. The van der Waals surface area contributed by atoms with Gasteiger partial charge in [-0.2, -0.15) is 0 Å². The summed E-state index contributed by atoms with van der Waals surface area (Å²) in [6, 6.07) is 15.1. The van der Waals surface area contributed by atoms with Crippen molar-refractivity contribution in [3.8, 4) is 11.1 Å². The zero-order valence-electron chi connectivity index (χ0n) is 19.2. The van der Waals surface area contributed by atoms with E-state index in [1.807, 2.05) is 36.4 Å².